The molecule has 0 saturated heterocycles. The third-order valence-corrected chi connectivity index (χ3v) is 2.24. The molecule has 0 aromatic rings. The van der Waals surface area contributed by atoms with Crippen LogP contribution >= 0.6 is 0 Å². The van der Waals surface area contributed by atoms with Gasteiger partial charge in [-0.3, -0.25) is 0 Å². The fourth-order valence-corrected chi connectivity index (χ4v) is 1.61. The first-order chi connectivity index (χ1) is 5.58. The van der Waals surface area contributed by atoms with E-state index in [2.05, 4.69) is 5.32 Å². The molecule has 1 rings (SSSR count). The highest BCUT2D eigenvalue weighted by Gasteiger charge is 2.24. The van der Waals surface area contributed by atoms with E-state index in [9.17, 15) is 12.9 Å². The maximum absolute atomic E-state index is 11.8. The van der Waals surface area contributed by atoms with Gasteiger partial charge in [0.1, 0.15) is 0 Å². The Balaban J connectivity index is 2.13. The van der Waals surface area contributed by atoms with Crippen LogP contribution in [0, 0.1) is 0 Å². The normalized spacial score (nSPS) is 21.2. The number of rotatable bonds is 3. The topological polar surface area (TPSA) is 12.0 Å². The van der Waals surface area contributed by atoms with Gasteiger partial charge in [0, 0.05) is 6.04 Å². The predicted octanol–water partition coefficient (Wildman–Crippen LogP) is 2.30. The Morgan fingerprint density at radius 3 is 2.17 bits per heavy atom. The summed E-state index contributed by atoms with van der Waals surface area (Å²) in [5.74, 6) is 0. The highest BCUT2D eigenvalue weighted by atomic mass is 19.4. The van der Waals surface area contributed by atoms with Gasteiger partial charge in [0.15, 0.2) is 0 Å². The lowest BCUT2D eigenvalue weighted by Gasteiger charge is -2.25. The smallest absolute Gasteiger partial charge is 0.448 e. The van der Waals surface area contributed by atoms with Crippen molar-refractivity contribution in [3.63, 3.8) is 0 Å². The number of hydrogen-bond donors (Lipinski definition) is 1. The zero-order chi connectivity index (χ0) is 9.03. The minimum Gasteiger partial charge on any atom is -0.448 e. The summed E-state index contributed by atoms with van der Waals surface area (Å²) in [7, 11) is 0. The summed E-state index contributed by atoms with van der Waals surface area (Å²) in [6, 6.07) is 0.113. The Hall–Kier alpha value is -0.185. The Morgan fingerprint density at radius 1 is 1.08 bits per heavy atom. The second-order valence-electron chi connectivity index (χ2n) is 3.45. The zero-order valence-corrected chi connectivity index (χ0v) is 7.03. The molecule has 0 aliphatic heterocycles. The standard InChI is InChI=1S/C7H14BF3N/c9-8(10,11)6-12-7-4-2-1-3-5-7/h7,12H,1-6H2/q-1. The molecule has 0 bridgehead atoms. The van der Waals surface area contributed by atoms with Crippen molar-refractivity contribution >= 4 is 6.98 Å². The molecule has 0 aromatic carbocycles. The average molecular weight is 180 g/mol. The minimum absolute atomic E-state index is 0.113. The SMILES string of the molecule is F[B-](F)(F)CNC1CCCCC1. The lowest BCUT2D eigenvalue weighted by molar-refractivity contribution is 0.367. The molecule has 0 unspecified atom stereocenters. The summed E-state index contributed by atoms with van der Waals surface area (Å²) in [5.41, 5.74) is 0. The Kier molecular flexibility index (Phi) is 3.44. The number of hydrogen-bond acceptors (Lipinski definition) is 1. The monoisotopic (exact) mass is 180 g/mol. The van der Waals surface area contributed by atoms with Gasteiger partial charge in [-0.2, -0.15) is 0 Å². The summed E-state index contributed by atoms with van der Waals surface area (Å²) < 4.78 is 35.4. The van der Waals surface area contributed by atoms with E-state index >= 15 is 0 Å². The second kappa shape index (κ2) is 4.17. The number of halogens is 3. The molecule has 1 fully saturated rings. The highest BCUT2D eigenvalue weighted by molar-refractivity contribution is 6.58. The highest BCUT2D eigenvalue weighted by Crippen LogP contribution is 2.18. The maximum Gasteiger partial charge on any atom is 0.491 e. The third-order valence-electron chi connectivity index (χ3n) is 2.24. The van der Waals surface area contributed by atoms with Gasteiger partial charge in [-0.05, 0) is 19.3 Å². The molecule has 0 spiro atoms. The van der Waals surface area contributed by atoms with Crippen LogP contribution < -0.4 is 5.32 Å². The van der Waals surface area contributed by atoms with Crippen LogP contribution in [-0.2, 0) is 0 Å². The van der Waals surface area contributed by atoms with E-state index in [1.165, 1.54) is 6.42 Å². The van der Waals surface area contributed by atoms with Crippen molar-refractivity contribution in [2.24, 2.45) is 0 Å². The molecule has 72 valence electrons. The van der Waals surface area contributed by atoms with E-state index < -0.39 is 13.4 Å². The molecule has 1 aliphatic carbocycles. The molecule has 0 amide bonds. The fourth-order valence-electron chi connectivity index (χ4n) is 1.61. The molecule has 12 heavy (non-hydrogen) atoms. The molecule has 0 atom stereocenters. The first-order valence-electron chi connectivity index (χ1n) is 4.52. The first kappa shape index (κ1) is 9.90. The van der Waals surface area contributed by atoms with Gasteiger partial charge in [0.05, 0.1) is 0 Å². The summed E-state index contributed by atoms with van der Waals surface area (Å²) in [6.45, 7) is -4.64. The molecular weight excluding hydrogens is 166 g/mol. The lowest BCUT2D eigenvalue weighted by atomic mass is 9.89. The van der Waals surface area contributed by atoms with E-state index in [0.717, 1.165) is 25.7 Å². The van der Waals surface area contributed by atoms with Crippen molar-refractivity contribution < 1.29 is 12.9 Å². The quantitative estimate of drug-likeness (QED) is 0.657. The summed E-state index contributed by atoms with van der Waals surface area (Å²) in [6.07, 6.45) is 4.36. The van der Waals surface area contributed by atoms with Gasteiger partial charge in [-0.1, -0.05) is 19.3 Å². The van der Waals surface area contributed by atoms with Crippen molar-refractivity contribution in [1.82, 2.24) is 5.32 Å². The van der Waals surface area contributed by atoms with E-state index in [-0.39, 0.29) is 6.04 Å². The van der Waals surface area contributed by atoms with Crippen molar-refractivity contribution in [2.45, 2.75) is 38.1 Å². The molecule has 1 N–H and O–H groups in total. The van der Waals surface area contributed by atoms with Crippen molar-refractivity contribution in [3.05, 3.63) is 0 Å². The average Bonchev–Trinajstić information content (AvgIpc) is 2.02. The minimum atomic E-state index is -4.64. The van der Waals surface area contributed by atoms with Gasteiger partial charge >= 0.3 is 6.98 Å². The Labute approximate surface area is 70.8 Å². The van der Waals surface area contributed by atoms with Crippen molar-refractivity contribution in [1.29, 1.82) is 0 Å². The van der Waals surface area contributed by atoms with Crippen LogP contribution in [0.15, 0.2) is 0 Å². The third kappa shape index (κ3) is 4.00. The molecule has 5 heteroatoms. The maximum atomic E-state index is 11.8. The molecule has 0 radical (unpaired) electrons. The number of nitrogens with one attached hydrogen (secondary N) is 1. The largest absolute Gasteiger partial charge is 0.491 e. The lowest BCUT2D eigenvalue weighted by Crippen LogP contribution is -2.40. The van der Waals surface area contributed by atoms with Crippen molar-refractivity contribution in [2.75, 3.05) is 6.44 Å². The molecule has 1 nitrogen and oxygen atoms in total. The predicted molar refractivity (Wildman–Crippen MR) is 44.0 cm³/mol. The van der Waals surface area contributed by atoms with E-state index in [1.54, 1.807) is 0 Å². The molecule has 1 saturated carbocycles. The Bertz CT molecular complexity index is 131. The van der Waals surface area contributed by atoms with Gasteiger partial charge < -0.3 is 18.3 Å². The second-order valence-corrected chi connectivity index (χ2v) is 3.45. The van der Waals surface area contributed by atoms with Gasteiger partial charge in [-0.25, -0.2) is 0 Å². The zero-order valence-electron chi connectivity index (χ0n) is 7.03. The molecule has 0 aromatic heterocycles. The van der Waals surface area contributed by atoms with Crippen LogP contribution in [0.3, 0.4) is 0 Å². The van der Waals surface area contributed by atoms with E-state index in [4.69, 9.17) is 0 Å². The first-order valence-corrected chi connectivity index (χ1v) is 4.52. The van der Waals surface area contributed by atoms with Gasteiger partial charge in [0.25, 0.3) is 0 Å². The van der Waals surface area contributed by atoms with Gasteiger partial charge in [-0.15, -0.1) is 0 Å². The summed E-state index contributed by atoms with van der Waals surface area (Å²) >= 11 is 0. The summed E-state index contributed by atoms with van der Waals surface area (Å²) in [4.78, 5) is 0. The van der Waals surface area contributed by atoms with E-state index in [1.807, 2.05) is 0 Å². The summed E-state index contributed by atoms with van der Waals surface area (Å²) in [5, 5.41) is 2.56. The molecule has 0 heterocycles. The van der Waals surface area contributed by atoms with E-state index in [0.29, 0.717) is 0 Å². The van der Waals surface area contributed by atoms with Crippen LogP contribution in [0.1, 0.15) is 32.1 Å². The van der Waals surface area contributed by atoms with Crippen LogP contribution in [-0.4, -0.2) is 19.5 Å². The van der Waals surface area contributed by atoms with Crippen LogP contribution in [0.4, 0.5) is 12.9 Å². The van der Waals surface area contributed by atoms with Gasteiger partial charge in [0.2, 0.25) is 0 Å². The Morgan fingerprint density at radius 2 is 1.67 bits per heavy atom. The fraction of sp³-hybridized carbons (Fsp3) is 1.00. The molecule has 1 aliphatic rings. The van der Waals surface area contributed by atoms with Crippen LogP contribution in [0.5, 0.6) is 0 Å². The van der Waals surface area contributed by atoms with Crippen LogP contribution in [0.2, 0.25) is 0 Å². The van der Waals surface area contributed by atoms with Crippen LogP contribution in [0.25, 0.3) is 0 Å². The van der Waals surface area contributed by atoms with Crippen molar-refractivity contribution in [3.8, 4) is 0 Å². The molecular formula is C7H14BF3N-.